The summed E-state index contributed by atoms with van der Waals surface area (Å²) in [7, 11) is 0. The maximum absolute atomic E-state index is 3.80. The topological polar surface area (TPSA) is 0 Å². The first-order valence-corrected chi connectivity index (χ1v) is 5.55. The lowest BCUT2D eigenvalue weighted by Gasteiger charge is -2.06. The van der Waals surface area contributed by atoms with Gasteiger partial charge in [-0.3, -0.25) is 0 Å². The van der Waals surface area contributed by atoms with Crippen LogP contribution in [0.5, 0.6) is 0 Å². The van der Waals surface area contributed by atoms with Crippen molar-refractivity contribution in [1.82, 2.24) is 0 Å². The molecule has 0 heterocycles. The molecule has 0 amide bonds. The minimum Gasteiger partial charge on any atom is -0.0905 e. The summed E-state index contributed by atoms with van der Waals surface area (Å²) < 4.78 is 0. The minimum absolute atomic E-state index is 0.813. The molecule has 2 saturated carbocycles. The molecule has 2 aliphatic carbocycles. The Bertz CT molecular complexity index is 368. The van der Waals surface area contributed by atoms with Crippen LogP contribution in [0.15, 0.2) is 24.8 Å². The Balaban J connectivity index is 2.00. The molecule has 1 aromatic carbocycles. The fourth-order valence-electron chi connectivity index (χ4n) is 2.15. The van der Waals surface area contributed by atoms with Crippen LogP contribution in [0.2, 0.25) is 0 Å². The van der Waals surface area contributed by atoms with E-state index in [0.29, 0.717) is 0 Å². The molecule has 0 nitrogen and oxygen atoms in total. The first-order chi connectivity index (χ1) is 6.88. The van der Waals surface area contributed by atoms with Gasteiger partial charge in [-0.15, -0.1) is 0 Å². The Kier molecular flexibility index (Phi) is 1.76. The highest BCUT2D eigenvalue weighted by Gasteiger charge is 2.28. The van der Waals surface area contributed by atoms with Crippen molar-refractivity contribution in [3.63, 3.8) is 0 Å². The Labute approximate surface area is 85.6 Å². The van der Waals surface area contributed by atoms with Crippen molar-refractivity contribution in [1.29, 1.82) is 0 Å². The van der Waals surface area contributed by atoms with Crippen molar-refractivity contribution in [2.45, 2.75) is 37.5 Å². The molecule has 0 unspecified atom stereocenters. The third-order valence-electron chi connectivity index (χ3n) is 3.33. The molecule has 71 valence electrons. The van der Waals surface area contributed by atoms with Crippen molar-refractivity contribution >= 4 is 0 Å². The average Bonchev–Trinajstić information content (AvgIpc) is 3.04. The minimum atomic E-state index is 0.813. The van der Waals surface area contributed by atoms with Crippen LogP contribution in [0.25, 0.3) is 0 Å². The number of hydrogen-bond acceptors (Lipinski definition) is 0. The normalized spacial score (nSPS) is 20.9. The Morgan fingerprint density at radius 2 is 1.79 bits per heavy atom. The predicted molar refractivity (Wildman–Crippen MR) is 58.4 cm³/mol. The predicted octanol–water partition coefficient (Wildman–Crippen LogP) is 3.78. The molecule has 0 N–H and O–H groups in total. The molecule has 0 aliphatic heterocycles. The average molecular weight is 183 g/mol. The summed E-state index contributed by atoms with van der Waals surface area (Å²) in [6, 6.07) is 6.92. The summed E-state index contributed by atoms with van der Waals surface area (Å²) in [4.78, 5) is 0. The number of hydrogen-bond donors (Lipinski definition) is 0. The molecule has 0 saturated heterocycles. The van der Waals surface area contributed by atoms with E-state index in [9.17, 15) is 0 Å². The maximum Gasteiger partial charge on any atom is -0.0146 e. The fraction of sp³-hybridized carbons (Fsp3) is 0.429. The van der Waals surface area contributed by atoms with Crippen LogP contribution < -0.4 is 0 Å². The zero-order chi connectivity index (χ0) is 9.54. The highest BCUT2D eigenvalue weighted by Crippen LogP contribution is 2.45. The largest absolute Gasteiger partial charge is 0.0905 e. The first-order valence-electron chi connectivity index (χ1n) is 5.55. The molecular weight excluding hydrogens is 168 g/mol. The van der Waals surface area contributed by atoms with E-state index in [1.807, 2.05) is 0 Å². The lowest BCUT2D eigenvalue weighted by Crippen LogP contribution is -1.89. The molecule has 1 aromatic rings. The van der Waals surface area contributed by atoms with E-state index < -0.39 is 0 Å². The summed E-state index contributed by atoms with van der Waals surface area (Å²) in [5.41, 5.74) is 4.24. The van der Waals surface area contributed by atoms with Crippen LogP contribution in [0.4, 0.5) is 0 Å². The number of rotatable bonds is 3. The van der Waals surface area contributed by atoms with Gasteiger partial charge in [0.15, 0.2) is 0 Å². The summed E-state index contributed by atoms with van der Waals surface area (Å²) in [6.45, 7) is 3.80. The van der Waals surface area contributed by atoms with Gasteiger partial charge >= 0.3 is 0 Å². The molecule has 1 radical (unpaired) electrons. The second kappa shape index (κ2) is 2.98. The number of benzene rings is 1. The van der Waals surface area contributed by atoms with Gasteiger partial charge in [-0.05, 0) is 60.3 Å². The molecule has 0 bridgehead atoms. The van der Waals surface area contributed by atoms with Crippen molar-refractivity contribution in [2.24, 2.45) is 0 Å². The summed E-state index contributed by atoms with van der Waals surface area (Å²) in [5.74, 6) is 1.66. The monoisotopic (exact) mass is 183 g/mol. The molecule has 3 rings (SSSR count). The van der Waals surface area contributed by atoms with Gasteiger partial charge in [-0.1, -0.05) is 24.8 Å². The van der Waals surface area contributed by atoms with E-state index in [1.165, 1.54) is 42.4 Å². The van der Waals surface area contributed by atoms with E-state index in [-0.39, 0.29) is 0 Å². The molecule has 14 heavy (non-hydrogen) atoms. The van der Waals surface area contributed by atoms with Gasteiger partial charge in [0.2, 0.25) is 0 Å². The van der Waals surface area contributed by atoms with Crippen LogP contribution >= 0.6 is 0 Å². The molecule has 0 aromatic heterocycles. The van der Waals surface area contributed by atoms with Gasteiger partial charge in [0.25, 0.3) is 0 Å². The molecule has 2 fully saturated rings. The van der Waals surface area contributed by atoms with Crippen LogP contribution in [0.1, 0.15) is 54.2 Å². The smallest absolute Gasteiger partial charge is 0.0146 e. The summed E-state index contributed by atoms with van der Waals surface area (Å²) >= 11 is 0. The highest BCUT2D eigenvalue weighted by molar-refractivity contribution is 5.41. The van der Waals surface area contributed by atoms with Gasteiger partial charge in [0.05, 0.1) is 0 Å². The summed E-state index contributed by atoms with van der Waals surface area (Å²) in [5, 5.41) is 0. The van der Waals surface area contributed by atoms with E-state index >= 15 is 0 Å². The van der Waals surface area contributed by atoms with E-state index in [2.05, 4.69) is 30.9 Å². The van der Waals surface area contributed by atoms with E-state index in [1.54, 1.807) is 0 Å². The van der Waals surface area contributed by atoms with Crippen molar-refractivity contribution < 1.29 is 0 Å². The van der Waals surface area contributed by atoms with Crippen molar-refractivity contribution in [3.05, 3.63) is 47.5 Å². The van der Waals surface area contributed by atoms with Crippen molar-refractivity contribution in [3.8, 4) is 0 Å². The summed E-state index contributed by atoms with van der Waals surface area (Å²) in [6.07, 6.45) is 8.56. The standard InChI is InChI=1S/C14H15/c1-2-10-9-13(11-3-4-11)7-8-14(10)12-5-6-12/h7-9,11-12H,1,3-6H2. The lowest BCUT2D eigenvalue weighted by atomic mass is 9.98. The van der Waals surface area contributed by atoms with Crippen LogP contribution in [-0.2, 0) is 0 Å². The van der Waals surface area contributed by atoms with E-state index in [4.69, 9.17) is 0 Å². The van der Waals surface area contributed by atoms with Crippen LogP contribution in [0, 0.1) is 6.08 Å². The van der Waals surface area contributed by atoms with E-state index in [0.717, 1.165) is 11.8 Å². The first kappa shape index (κ1) is 8.28. The Hall–Kier alpha value is -1.04. The SMILES string of the molecule is C=[C]c1cc(C2CC2)ccc1C1CC1. The van der Waals surface area contributed by atoms with Crippen LogP contribution in [-0.4, -0.2) is 0 Å². The zero-order valence-corrected chi connectivity index (χ0v) is 8.42. The second-order valence-corrected chi connectivity index (χ2v) is 4.57. The van der Waals surface area contributed by atoms with Crippen molar-refractivity contribution in [2.75, 3.05) is 0 Å². The molecule has 0 spiro atoms. The third kappa shape index (κ3) is 1.39. The van der Waals surface area contributed by atoms with Gasteiger partial charge in [-0.2, -0.15) is 0 Å². The van der Waals surface area contributed by atoms with Gasteiger partial charge in [0, 0.05) is 0 Å². The van der Waals surface area contributed by atoms with Gasteiger partial charge in [-0.25, -0.2) is 0 Å². The third-order valence-corrected chi connectivity index (χ3v) is 3.33. The molecule has 0 heteroatoms. The Morgan fingerprint density at radius 3 is 2.36 bits per heavy atom. The lowest BCUT2D eigenvalue weighted by molar-refractivity contribution is 1.07. The molecule has 2 aliphatic rings. The molecular formula is C14H15. The Morgan fingerprint density at radius 1 is 1.07 bits per heavy atom. The maximum atomic E-state index is 3.80. The van der Waals surface area contributed by atoms with Crippen LogP contribution in [0.3, 0.4) is 0 Å². The quantitative estimate of drug-likeness (QED) is 0.669. The van der Waals surface area contributed by atoms with Gasteiger partial charge in [0.1, 0.15) is 0 Å². The molecule has 0 atom stereocenters. The second-order valence-electron chi connectivity index (χ2n) is 4.57. The highest BCUT2D eigenvalue weighted by atomic mass is 14.3. The zero-order valence-electron chi connectivity index (χ0n) is 8.42. The van der Waals surface area contributed by atoms with Gasteiger partial charge < -0.3 is 0 Å². The fourth-order valence-corrected chi connectivity index (χ4v) is 2.15.